The van der Waals surface area contributed by atoms with Crippen LogP contribution in [-0.2, 0) is 5.41 Å². The smallest absolute Gasteiger partial charge is 0.0545 e. The largest absolute Gasteiger partial charge is 0.411 e. The zero-order valence-corrected chi connectivity index (χ0v) is 10.0. The first-order chi connectivity index (χ1) is 8.18. The molecule has 1 N–H and O–H groups in total. The van der Waals surface area contributed by atoms with Gasteiger partial charge in [0.25, 0.3) is 0 Å². The van der Waals surface area contributed by atoms with Gasteiger partial charge in [0.2, 0.25) is 0 Å². The molecule has 2 aromatic carbocycles. The molecule has 0 saturated heterocycles. The lowest BCUT2D eigenvalue weighted by Crippen LogP contribution is -2.26. The zero-order chi connectivity index (χ0) is 12.0. The van der Waals surface area contributed by atoms with Gasteiger partial charge >= 0.3 is 0 Å². The second-order valence-electron chi connectivity index (χ2n) is 5.00. The summed E-state index contributed by atoms with van der Waals surface area (Å²) in [5.41, 5.74) is 2.40. The van der Waals surface area contributed by atoms with E-state index < -0.39 is 0 Å². The minimum absolute atomic E-state index is 0.210. The number of nitrogens with zero attached hydrogens (tertiary/aromatic N) is 1. The van der Waals surface area contributed by atoms with Crippen molar-refractivity contribution in [1.82, 2.24) is 0 Å². The summed E-state index contributed by atoms with van der Waals surface area (Å²) in [5, 5.41) is 14.8. The Labute approximate surface area is 101 Å². The van der Waals surface area contributed by atoms with Gasteiger partial charge in [0.05, 0.1) is 6.21 Å². The van der Waals surface area contributed by atoms with E-state index in [1.165, 1.54) is 21.9 Å². The van der Waals surface area contributed by atoms with E-state index in [1.807, 2.05) is 0 Å². The summed E-state index contributed by atoms with van der Waals surface area (Å²) in [7, 11) is 0. The van der Waals surface area contributed by atoms with Gasteiger partial charge in [0.1, 0.15) is 0 Å². The van der Waals surface area contributed by atoms with Crippen LogP contribution in [0.15, 0.2) is 41.6 Å². The molecule has 0 aliphatic heterocycles. The van der Waals surface area contributed by atoms with Gasteiger partial charge in [-0.15, -0.1) is 5.16 Å². The van der Waals surface area contributed by atoms with Crippen LogP contribution in [0.3, 0.4) is 0 Å². The highest BCUT2D eigenvalue weighted by atomic mass is 16.4. The van der Waals surface area contributed by atoms with Crippen molar-refractivity contribution in [1.29, 1.82) is 0 Å². The summed E-state index contributed by atoms with van der Waals surface area (Å²) >= 11 is 0. The lowest BCUT2D eigenvalue weighted by atomic mass is 9.77. The maximum Gasteiger partial charge on any atom is 0.0545 e. The topological polar surface area (TPSA) is 32.6 Å². The summed E-state index contributed by atoms with van der Waals surface area (Å²) in [6, 6.07) is 12.8. The molecule has 0 spiro atoms. The SMILES string of the molecule is C[C@H]1c2cccc3cccc(c23)[C@]1(C)/C=N/O. The highest BCUT2D eigenvalue weighted by molar-refractivity contribution is 5.97. The molecule has 2 nitrogen and oxygen atoms in total. The Morgan fingerprint density at radius 3 is 2.65 bits per heavy atom. The molecule has 0 heterocycles. The quantitative estimate of drug-likeness (QED) is 0.448. The van der Waals surface area contributed by atoms with E-state index in [4.69, 9.17) is 5.21 Å². The summed E-state index contributed by atoms with van der Waals surface area (Å²) in [6.07, 6.45) is 1.66. The summed E-state index contributed by atoms with van der Waals surface area (Å²) in [4.78, 5) is 0. The lowest BCUT2D eigenvalue weighted by molar-refractivity contribution is 0.315. The van der Waals surface area contributed by atoms with Crippen molar-refractivity contribution in [3.63, 3.8) is 0 Å². The fourth-order valence-corrected chi connectivity index (χ4v) is 3.04. The van der Waals surface area contributed by atoms with E-state index in [1.54, 1.807) is 6.21 Å². The Morgan fingerprint density at radius 2 is 1.94 bits per heavy atom. The molecule has 0 amide bonds. The first-order valence-corrected chi connectivity index (χ1v) is 5.89. The number of oxime groups is 1. The molecule has 2 atom stereocenters. The van der Waals surface area contributed by atoms with Crippen LogP contribution in [-0.4, -0.2) is 11.4 Å². The fourth-order valence-electron chi connectivity index (χ4n) is 3.04. The van der Waals surface area contributed by atoms with E-state index >= 15 is 0 Å². The van der Waals surface area contributed by atoms with Gasteiger partial charge in [0, 0.05) is 5.41 Å². The third-order valence-corrected chi connectivity index (χ3v) is 4.21. The Bertz CT molecular complexity index is 612. The van der Waals surface area contributed by atoms with Crippen molar-refractivity contribution in [2.24, 2.45) is 5.16 Å². The van der Waals surface area contributed by atoms with Crippen molar-refractivity contribution in [3.05, 3.63) is 47.5 Å². The minimum Gasteiger partial charge on any atom is -0.411 e. The predicted octanol–water partition coefficient (Wildman–Crippen LogP) is 3.67. The van der Waals surface area contributed by atoms with E-state index in [0.29, 0.717) is 5.92 Å². The maximum absolute atomic E-state index is 8.91. The Hall–Kier alpha value is -1.83. The molecule has 17 heavy (non-hydrogen) atoms. The molecule has 0 unspecified atom stereocenters. The number of hydrogen-bond acceptors (Lipinski definition) is 2. The molecule has 1 aliphatic carbocycles. The van der Waals surface area contributed by atoms with Gasteiger partial charge in [-0.25, -0.2) is 0 Å². The van der Waals surface area contributed by atoms with Gasteiger partial charge in [0.15, 0.2) is 0 Å². The molecule has 86 valence electrons. The Balaban J connectivity index is 2.42. The second kappa shape index (κ2) is 3.33. The number of benzene rings is 2. The highest BCUT2D eigenvalue weighted by Gasteiger charge is 2.40. The van der Waals surface area contributed by atoms with Crippen molar-refractivity contribution in [2.45, 2.75) is 25.2 Å². The van der Waals surface area contributed by atoms with Crippen LogP contribution in [0.4, 0.5) is 0 Å². The van der Waals surface area contributed by atoms with Crippen LogP contribution in [0.1, 0.15) is 30.9 Å². The molecule has 0 fully saturated rings. The number of rotatable bonds is 1. The monoisotopic (exact) mass is 225 g/mol. The van der Waals surface area contributed by atoms with Gasteiger partial charge < -0.3 is 5.21 Å². The molecule has 0 radical (unpaired) electrons. The molecular weight excluding hydrogens is 210 g/mol. The van der Waals surface area contributed by atoms with Gasteiger partial charge in [-0.05, 0) is 34.7 Å². The van der Waals surface area contributed by atoms with Crippen LogP contribution >= 0.6 is 0 Å². The molecule has 2 heteroatoms. The normalized spacial score (nSPS) is 27.1. The second-order valence-corrected chi connectivity index (χ2v) is 5.00. The lowest BCUT2D eigenvalue weighted by Gasteiger charge is -2.25. The number of hydrogen-bond donors (Lipinski definition) is 1. The van der Waals surface area contributed by atoms with E-state index in [0.717, 1.165) is 0 Å². The maximum atomic E-state index is 8.91. The Morgan fingerprint density at radius 1 is 1.24 bits per heavy atom. The van der Waals surface area contributed by atoms with E-state index in [9.17, 15) is 0 Å². The Kier molecular flexibility index (Phi) is 2.02. The standard InChI is InChI=1S/C15H15NO/c1-10-12-7-3-5-11-6-4-8-13(14(11)12)15(10,2)9-16-17/h3-10,17H,1-2H3/b16-9+/t10-,15+/m0/s1. The summed E-state index contributed by atoms with van der Waals surface area (Å²) in [5.74, 6) is 0.333. The van der Waals surface area contributed by atoms with Crippen molar-refractivity contribution in [2.75, 3.05) is 0 Å². The molecule has 3 rings (SSSR count). The molecule has 2 aromatic rings. The van der Waals surface area contributed by atoms with Crippen molar-refractivity contribution < 1.29 is 5.21 Å². The summed E-state index contributed by atoms with van der Waals surface area (Å²) in [6.45, 7) is 4.32. The molecule has 0 bridgehead atoms. The van der Waals surface area contributed by atoms with Gasteiger partial charge in [-0.1, -0.05) is 43.3 Å². The molecule has 1 aliphatic rings. The van der Waals surface area contributed by atoms with Crippen molar-refractivity contribution >= 4 is 17.0 Å². The average Bonchev–Trinajstić information content (AvgIpc) is 2.55. The minimum atomic E-state index is -0.210. The van der Waals surface area contributed by atoms with E-state index in [2.05, 4.69) is 55.4 Å². The van der Waals surface area contributed by atoms with Crippen LogP contribution in [0, 0.1) is 0 Å². The van der Waals surface area contributed by atoms with Crippen LogP contribution < -0.4 is 0 Å². The molecular formula is C15H15NO. The molecule has 0 aromatic heterocycles. The van der Waals surface area contributed by atoms with Gasteiger partial charge in [-0.3, -0.25) is 0 Å². The van der Waals surface area contributed by atoms with Crippen LogP contribution in [0.2, 0.25) is 0 Å². The van der Waals surface area contributed by atoms with Crippen LogP contribution in [0.25, 0.3) is 10.8 Å². The zero-order valence-electron chi connectivity index (χ0n) is 10.0. The van der Waals surface area contributed by atoms with Crippen LogP contribution in [0.5, 0.6) is 0 Å². The summed E-state index contributed by atoms with van der Waals surface area (Å²) < 4.78 is 0. The van der Waals surface area contributed by atoms with Crippen molar-refractivity contribution in [3.8, 4) is 0 Å². The first-order valence-electron chi connectivity index (χ1n) is 5.89. The fraction of sp³-hybridized carbons (Fsp3) is 0.267. The molecule has 0 saturated carbocycles. The van der Waals surface area contributed by atoms with Gasteiger partial charge in [-0.2, -0.15) is 0 Å². The van der Waals surface area contributed by atoms with E-state index in [-0.39, 0.29) is 5.41 Å². The third kappa shape index (κ3) is 1.18. The predicted molar refractivity (Wildman–Crippen MR) is 70.0 cm³/mol. The highest BCUT2D eigenvalue weighted by Crippen LogP contribution is 2.49. The third-order valence-electron chi connectivity index (χ3n) is 4.21. The first kappa shape index (κ1) is 10.3. The average molecular weight is 225 g/mol.